The molecule has 0 N–H and O–H groups in total. The van der Waals surface area contributed by atoms with Gasteiger partial charge in [0, 0.05) is 26.2 Å². The quantitative estimate of drug-likeness (QED) is 0.745. The van der Waals surface area contributed by atoms with Crippen LogP contribution in [0, 0.1) is 11.7 Å². The predicted octanol–water partition coefficient (Wildman–Crippen LogP) is 3.09. The van der Waals surface area contributed by atoms with Crippen LogP contribution in [0.15, 0.2) is 30.5 Å². The molecule has 0 spiro atoms. The Bertz CT molecular complexity index is 709. The number of halogens is 1. The van der Waals surface area contributed by atoms with Gasteiger partial charge in [-0.25, -0.2) is 4.39 Å². The molecule has 1 aliphatic rings. The van der Waals surface area contributed by atoms with Crippen LogP contribution < -0.4 is 0 Å². The molecule has 1 fully saturated rings. The van der Waals surface area contributed by atoms with E-state index in [-0.39, 0.29) is 11.7 Å². The van der Waals surface area contributed by atoms with Gasteiger partial charge >= 0.3 is 0 Å². The Hall–Kier alpha value is -1.86. The molecule has 1 atom stereocenters. The highest BCUT2D eigenvalue weighted by Gasteiger charge is 2.25. The molecule has 140 valence electrons. The maximum absolute atomic E-state index is 13.3. The third-order valence-electron chi connectivity index (χ3n) is 4.94. The zero-order valence-electron chi connectivity index (χ0n) is 15.1. The molecule has 0 radical (unpaired) electrons. The van der Waals surface area contributed by atoms with Crippen molar-refractivity contribution in [2.45, 2.75) is 26.2 Å². The van der Waals surface area contributed by atoms with Crippen LogP contribution >= 0.6 is 11.7 Å². The van der Waals surface area contributed by atoms with Crippen molar-refractivity contribution in [3.63, 3.8) is 0 Å². The van der Waals surface area contributed by atoms with Gasteiger partial charge in [0.15, 0.2) is 5.69 Å². The summed E-state index contributed by atoms with van der Waals surface area (Å²) in [6.45, 7) is 6.41. The fourth-order valence-electron chi connectivity index (χ4n) is 3.57. The molecule has 0 aliphatic carbocycles. The average molecular weight is 377 g/mol. The molecule has 1 aromatic carbocycles. The summed E-state index contributed by atoms with van der Waals surface area (Å²) in [4.78, 5) is 16.8. The first-order chi connectivity index (χ1) is 12.7. The summed E-state index contributed by atoms with van der Waals surface area (Å²) in [7, 11) is 0. The number of amides is 1. The molecule has 1 amide bonds. The normalized spacial score (nSPS) is 18.0. The smallest absolute Gasteiger partial charge is 0.275 e. The predicted molar refractivity (Wildman–Crippen MR) is 101 cm³/mol. The Balaban J connectivity index is 1.51. The summed E-state index contributed by atoms with van der Waals surface area (Å²) in [5, 5.41) is 0. The summed E-state index contributed by atoms with van der Waals surface area (Å²) in [5.74, 6) is 0.262. The molecule has 2 heterocycles. The van der Waals surface area contributed by atoms with Gasteiger partial charge in [-0.3, -0.25) is 4.79 Å². The van der Waals surface area contributed by atoms with E-state index in [0.29, 0.717) is 18.2 Å². The first-order valence-corrected chi connectivity index (χ1v) is 9.92. The van der Waals surface area contributed by atoms with Gasteiger partial charge in [-0.15, -0.1) is 0 Å². The lowest BCUT2D eigenvalue weighted by Gasteiger charge is -2.35. The number of carbonyl (C=O) groups is 1. The Morgan fingerprint density at radius 2 is 2.35 bits per heavy atom. The number of hydrogen-bond donors (Lipinski definition) is 0. The maximum Gasteiger partial charge on any atom is 0.275 e. The van der Waals surface area contributed by atoms with E-state index in [4.69, 9.17) is 0 Å². The molecule has 2 aromatic rings. The first-order valence-electron chi connectivity index (χ1n) is 9.19. The third-order valence-corrected chi connectivity index (χ3v) is 5.41. The van der Waals surface area contributed by atoms with Crippen molar-refractivity contribution in [2.24, 2.45) is 5.92 Å². The number of piperidine rings is 1. The van der Waals surface area contributed by atoms with Gasteiger partial charge in [-0.1, -0.05) is 12.1 Å². The van der Waals surface area contributed by atoms with Gasteiger partial charge in [0.1, 0.15) is 5.82 Å². The van der Waals surface area contributed by atoms with E-state index in [1.807, 2.05) is 17.9 Å². The lowest BCUT2D eigenvalue weighted by atomic mass is 9.96. The summed E-state index contributed by atoms with van der Waals surface area (Å²) in [5.41, 5.74) is 1.48. The second kappa shape index (κ2) is 9.19. The van der Waals surface area contributed by atoms with Crippen molar-refractivity contribution in [1.82, 2.24) is 18.5 Å². The number of rotatable bonds is 7. The summed E-state index contributed by atoms with van der Waals surface area (Å²) in [6.07, 6.45) is 4.67. The largest absolute Gasteiger partial charge is 0.337 e. The van der Waals surface area contributed by atoms with Crippen LogP contribution in [-0.2, 0) is 6.42 Å². The number of carbonyl (C=O) groups excluding carboxylic acids is 1. The molecule has 26 heavy (non-hydrogen) atoms. The highest BCUT2D eigenvalue weighted by molar-refractivity contribution is 6.99. The Morgan fingerprint density at radius 3 is 3.08 bits per heavy atom. The van der Waals surface area contributed by atoms with Crippen LogP contribution in [0.25, 0.3) is 0 Å². The van der Waals surface area contributed by atoms with Gasteiger partial charge in [0.05, 0.1) is 17.9 Å². The molecule has 5 nitrogen and oxygen atoms in total. The van der Waals surface area contributed by atoms with Gasteiger partial charge in [-0.2, -0.15) is 8.75 Å². The van der Waals surface area contributed by atoms with Crippen LogP contribution in [-0.4, -0.2) is 57.2 Å². The van der Waals surface area contributed by atoms with E-state index < -0.39 is 0 Å². The van der Waals surface area contributed by atoms with Gasteiger partial charge in [0.25, 0.3) is 5.91 Å². The van der Waals surface area contributed by atoms with E-state index in [0.717, 1.165) is 62.7 Å². The summed E-state index contributed by atoms with van der Waals surface area (Å²) in [6, 6.07) is 6.83. The van der Waals surface area contributed by atoms with Gasteiger partial charge in [0.2, 0.25) is 0 Å². The maximum atomic E-state index is 13.3. The number of likely N-dealkylation sites (tertiary alicyclic amines) is 1. The zero-order valence-corrected chi connectivity index (χ0v) is 15.9. The Kier molecular flexibility index (Phi) is 6.68. The standard InChI is InChI=1S/C19H25FN4OS/c1-2-24(19(25)18-12-21-26-22-18)14-16-6-4-9-23(13-16)10-8-15-5-3-7-17(20)11-15/h3,5,7,11-12,16H,2,4,6,8-10,13-14H2,1H3/t16-/m0/s1. The lowest BCUT2D eigenvalue weighted by Crippen LogP contribution is -2.43. The third kappa shape index (κ3) is 5.08. The summed E-state index contributed by atoms with van der Waals surface area (Å²) >= 11 is 1.07. The topological polar surface area (TPSA) is 49.3 Å². The minimum absolute atomic E-state index is 0.0295. The zero-order chi connectivity index (χ0) is 18.4. The Labute approximate surface area is 158 Å². The Morgan fingerprint density at radius 1 is 1.46 bits per heavy atom. The summed E-state index contributed by atoms with van der Waals surface area (Å²) < 4.78 is 21.3. The van der Waals surface area contributed by atoms with Gasteiger partial charge in [-0.05, 0) is 56.3 Å². The molecule has 0 unspecified atom stereocenters. The number of nitrogens with zero attached hydrogens (tertiary/aromatic N) is 4. The fourth-order valence-corrected chi connectivity index (χ4v) is 3.98. The second-order valence-corrected chi connectivity index (χ2v) is 7.38. The lowest BCUT2D eigenvalue weighted by molar-refractivity contribution is 0.0686. The highest BCUT2D eigenvalue weighted by atomic mass is 32.1. The van der Waals surface area contributed by atoms with Crippen molar-refractivity contribution in [3.8, 4) is 0 Å². The van der Waals surface area contributed by atoms with Crippen LogP contribution in [0.5, 0.6) is 0 Å². The van der Waals surface area contributed by atoms with Gasteiger partial charge < -0.3 is 9.80 Å². The molecule has 1 aromatic heterocycles. The number of aromatic nitrogens is 2. The molecular weight excluding hydrogens is 351 g/mol. The van der Waals surface area contributed by atoms with Crippen molar-refractivity contribution in [1.29, 1.82) is 0 Å². The molecule has 3 rings (SSSR count). The monoisotopic (exact) mass is 376 g/mol. The minimum atomic E-state index is -0.173. The van der Waals surface area contributed by atoms with Crippen LogP contribution in [0.1, 0.15) is 35.8 Å². The van der Waals surface area contributed by atoms with E-state index >= 15 is 0 Å². The average Bonchev–Trinajstić information content (AvgIpc) is 3.19. The molecule has 0 saturated carbocycles. The highest BCUT2D eigenvalue weighted by Crippen LogP contribution is 2.19. The van der Waals surface area contributed by atoms with E-state index in [1.54, 1.807) is 18.3 Å². The van der Waals surface area contributed by atoms with E-state index in [1.165, 1.54) is 6.07 Å². The fraction of sp³-hybridized carbons (Fsp3) is 0.526. The van der Waals surface area contributed by atoms with E-state index in [2.05, 4.69) is 13.6 Å². The minimum Gasteiger partial charge on any atom is -0.337 e. The van der Waals surface area contributed by atoms with E-state index in [9.17, 15) is 9.18 Å². The van der Waals surface area contributed by atoms with Crippen molar-refractivity contribution in [2.75, 3.05) is 32.7 Å². The molecular formula is C19H25FN4OS. The van der Waals surface area contributed by atoms with Crippen LogP contribution in [0.4, 0.5) is 4.39 Å². The van der Waals surface area contributed by atoms with Crippen molar-refractivity contribution >= 4 is 17.6 Å². The van der Waals surface area contributed by atoms with Crippen molar-refractivity contribution in [3.05, 3.63) is 47.5 Å². The van der Waals surface area contributed by atoms with Crippen LogP contribution in [0.3, 0.4) is 0 Å². The van der Waals surface area contributed by atoms with Crippen LogP contribution in [0.2, 0.25) is 0 Å². The number of hydrogen-bond acceptors (Lipinski definition) is 5. The SMILES string of the molecule is CCN(C[C@H]1CCCN(CCc2cccc(F)c2)C1)C(=O)c1cnsn1. The van der Waals surface area contributed by atoms with Crippen molar-refractivity contribution < 1.29 is 9.18 Å². The molecule has 1 saturated heterocycles. The molecule has 7 heteroatoms. The number of benzene rings is 1. The first kappa shape index (κ1) is 18.9. The molecule has 0 bridgehead atoms. The second-order valence-electron chi connectivity index (χ2n) is 6.83. The molecule has 1 aliphatic heterocycles.